The molecule has 5 nitrogen and oxygen atoms in total. The summed E-state index contributed by atoms with van der Waals surface area (Å²) in [6.07, 6.45) is 2.42. The Morgan fingerprint density at radius 1 is 1.18 bits per heavy atom. The number of aliphatic hydroxyl groups is 1. The van der Waals surface area contributed by atoms with Crippen LogP contribution in [0.25, 0.3) is 0 Å². The van der Waals surface area contributed by atoms with Crippen molar-refractivity contribution in [2.75, 3.05) is 13.2 Å². The fourth-order valence-corrected chi connectivity index (χ4v) is 1.75. The van der Waals surface area contributed by atoms with Gasteiger partial charge in [0.05, 0.1) is 6.61 Å². The van der Waals surface area contributed by atoms with Gasteiger partial charge in [0.25, 0.3) is 0 Å². The van der Waals surface area contributed by atoms with Gasteiger partial charge >= 0.3 is 11.9 Å². The molecule has 100 valence electrons. The number of hydrogen-bond donors (Lipinski definition) is 2. The van der Waals surface area contributed by atoms with Gasteiger partial charge in [0, 0.05) is 6.61 Å². The molecule has 1 atom stereocenters. The van der Waals surface area contributed by atoms with Gasteiger partial charge in [-0.2, -0.15) is 0 Å². The average Bonchev–Trinajstić information content (AvgIpc) is 2.29. The molecule has 5 heteroatoms. The number of unbranched alkanes of at least 4 members (excludes halogenated alkanes) is 2. The summed E-state index contributed by atoms with van der Waals surface area (Å²) in [4.78, 5) is 23.0. The van der Waals surface area contributed by atoms with Gasteiger partial charge in [-0.1, -0.05) is 19.8 Å². The summed E-state index contributed by atoms with van der Waals surface area (Å²) in [7, 11) is 0. The first kappa shape index (κ1) is 15.9. The molecule has 0 aromatic rings. The Morgan fingerprint density at radius 2 is 1.82 bits per heavy atom. The van der Waals surface area contributed by atoms with Crippen molar-refractivity contribution < 1.29 is 24.5 Å². The van der Waals surface area contributed by atoms with Gasteiger partial charge < -0.3 is 14.9 Å². The van der Waals surface area contributed by atoms with Crippen LogP contribution in [0, 0.1) is 5.41 Å². The number of carboxylic acids is 1. The monoisotopic (exact) mass is 246 g/mol. The van der Waals surface area contributed by atoms with Crippen LogP contribution in [0.15, 0.2) is 0 Å². The number of carbonyl (C=O) groups excluding carboxylic acids is 1. The van der Waals surface area contributed by atoms with Crippen molar-refractivity contribution in [2.45, 2.75) is 46.0 Å². The summed E-state index contributed by atoms with van der Waals surface area (Å²) in [6.45, 7) is 3.61. The first-order valence-electron chi connectivity index (χ1n) is 6.06. The predicted molar refractivity (Wildman–Crippen MR) is 62.5 cm³/mol. The van der Waals surface area contributed by atoms with Gasteiger partial charge in [-0.05, 0) is 26.2 Å². The van der Waals surface area contributed by atoms with Gasteiger partial charge in [0.2, 0.25) is 0 Å². The van der Waals surface area contributed by atoms with Gasteiger partial charge in [0.15, 0.2) is 5.41 Å². The molecule has 0 aromatic carbocycles. The van der Waals surface area contributed by atoms with Crippen LogP contribution >= 0.6 is 0 Å². The zero-order valence-corrected chi connectivity index (χ0v) is 10.6. The molecular weight excluding hydrogens is 224 g/mol. The zero-order valence-electron chi connectivity index (χ0n) is 10.6. The number of carbonyl (C=O) groups is 2. The molecule has 0 aliphatic carbocycles. The van der Waals surface area contributed by atoms with Crippen molar-refractivity contribution in [3.8, 4) is 0 Å². The summed E-state index contributed by atoms with van der Waals surface area (Å²) >= 11 is 0. The van der Waals surface area contributed by atoms with Crippen LogP contribution in [0.1, 0.15) is 46.0 Å². The van der Waals surface area contributed by atoms with Crippen molar-refractivity contribution in [1.29, 1.82) is 0 Å². The van der Waals surface area contributed by atoms with E-state index in [9.17, 15) is 14.7 Å². The molecule has 0 saturated carbocycles. The van der Waals surface area contributed by atoms with Gasteiger partial charge in [0.1, 0.15) is 0 Å². The van der Waals surface area contributed by atoms with E-state index < -0.39 is 17.4 Å². The largest absolute Gasteiger partial charge is 0.480 e. The van der Waals surface area contributed by atoms with E-state index in [0.717, 1.165) is 0 Å². The number of aliphatic carboxylic acids is 1. The van der Waals surface area contributed by atoms with Crippen LogP contribution < -0.4 is 0 Å². The SMILES string of the molecule is CCOC(=O)C(CC)(CCCCCO)C(=O)O. The second kappa shape index (κ2) is 8.06. The minimum Gasteiger partial charge on any atom is -0.480 e. The molecule has 17 heavy (non-hydrogen) atoms. The lowest BCUT2D eigenvalue weighted by Gasteiger charge is -2.25. The lowest BCUT2D eigenvalue weighted by molar-refractivity contribution is -0.169. The maximum absolute atomic E-state index is 11.7. The highest BCUT2D eigenvalue weighted by Gasteiger charge is 2.45. The molecule has 0 aliphatic heterocycles. The van der Waals surface area contributed by atoms with Gasteiger partial charge in [-0.15, -0.1) is 0 Å². The minimum absolute atomic E-state index is 0.0889. The quantitative estimate of drug-likeness (QED) is 0.366. The van der Waals surface area contributed by atoms with Gasteiger partial charge in [-0.25, -0.2) is 0 Å². The number of ether oxygens (including phenoxy) is 1. The van der Waals surface area contributed by atoms with Crippen LogP contribution in [-0.2, 0) is 14.3 Å². The number of hydrogen-bond acceptors (Lipinski definition) is 4. The third kappa shape index (κ3) is 4.34. The summed E-state index contributed by atoms with van der Waals surface area (Å²) in [6, 6.07) is 0. The van der Waals surface area contributed by atoms with Crippen LogP contribution in [0.3, 0.4) is 0 Å². The summed E-state index contributed by atoms with van der Waals surface area (Å²) in [5.41, 5.74) is -1.43. The van der Waals surface area contributed by atoms with E-state index in [1.165, 1.54) is 0 Å². The molecule has 0 amide bonds. The van der Waals surface area contributed by atoms with Crippen LogP contribution in [0.5, 0.6) is 0 Å². The number of carboxylic acid groups (broad SMARTS) is 1. The molecule has 0 bridgehead atoms. The maximum atomic E-state index is 11.7. The molecule has 0 saturated heterocycles. The van der Waals surface area contributed by atoms with Crippen molar-refractivity contribution in [3.63, 3.8) is 0 Å². The lowest BCUT2D eigenvalue weighted by Crippen LogP contribution is -2.40. The zero-order chi connectivity index (χ0) is 13.3. The fourth-order valence-electron chi connectivity index (χ4n) is 1.75. The van der Waals surface area contributed by atoms with Gasteiger partial charge in [-0.3, -0.25) is 9.59 Å². The van der Waals surface area contributed by atoms with Crippen LogP contribution in [0.4, 0.5) is 0 Å². The fraction of sp³-hybridized carbons (Fsp3) is 0.833. The Bertz CT molecular complexity index is 251. The van der Waals surface area contributed by atoms with Crippen LogP contribution in [0.2, 0.25) is 0 Å². The Labute approximate surface area is 102 Å². The molecule has 0 aliphatic rings. The summed E-state index contributed by atoms with van der Waals surface area (Å²) in [5, 5.41) is 17.9. The number of aliphatic hydroxyl groups excluding tert-OH is 1. The second-order valence-corrected chi connectivity index (χ2v) is 4.00. The second-order valence-electron chi connectivity index (χ2n) is 4.00. The van der Waals surface area contributed by atoms with Crippen molar-refractivity contribution in [2.24, 2.45) is 5.41 Å². The topological polar surface area (TPSA) is 83.8 Å². The van der Waals surface area contributed by atoms with E-state index in [4.69, 9.17) is 9.84 Å². The molecule has 1 unspecified atom stereocenters. The first-order valence-corrected chi connectivity index (χ1v) is 6.06. The first-order chi connectivity index (χ1) is 8.05. The lowest BCUT2D eigenvalue weighted by atomic mass is 9.80. The van der Waals surface area contributed by atoms with E-state index in [1.54, 1.807) is 13.8 Å². The molecule has 0 rings (SSSR count). The maximum Gasteiger partial charge on any atom is 0.323 e. The Kier molecular flexibility index (Phi) is 7.54. The third-order valence-electron chi connectivity index (χ3n) is 2.94. The highest BCUT2D eigenvalue weighted by molar-refractivity contribution is 5.99. The normalized spacial score (nSPS) is 14.1. The van der Waals surface area contributed by atoms with Crippen molar-refractivity contribution in [3.05, 3.63) is 0 Å². The molecule has 2 N–H and O–H groups in total. The van der Waals surface area contributed by atoms with E-state index in [0.29, 0.717) is 19.3 Å². The highest BCUT2D eigenvalue weighted by Crippen LogP contribution is 2.31. The Balaban J connectivity index is 4.59. The highest BCUT2D eigenvalue weighted by atomic mass is 16.5. The summed E-state index contributed by atoms with van der Waals surface area (Å²) in [5.74, 6) is -1.78. The number of rotatable bonds is 9. The van der Waals surface area contributed by atoms with Crippen LogP contribution in [-0.4, -0.2) is 35.4 Å². The molecule has 0 spiro atoms. The minimum atomic E-state index is -1.43. The molecule has 0 radical (unpaired) electrons. The molecule has 0 heterocycles. The van der Waals surface area contributed by atoms with E-state index in [1.807, 2.05) is 0 Å². The number of esters is 1. The Morgan fingerprint density at radius 3 is 2.24 bits per heavy atom. The molecule has 0 aromatic heterocycles. The molecular formula is C12H22O5. The van der Waals surface area contributed by atoms with E-state index in [2.05, 4.69) is 0 Å². The Hall–Kier alpha value is -1.10. The standard InChI is InChI=1S/C12H22O5/c1-3-12(10(14)15,11(16)17-4-2)8-6-5-7-9-13/h13H,3-9H2,1-2H3,(H,14,15). The van der Waals surface area contributed by atoms with Crippen molar-refractivity contribution in [1.82, 2.24) is 0 Å². The molecule has 0 fully saturated rings. The van der Waals surface area contributed by atoms with E-state index >= 15 is 0 Å². The summed E-state index contributed by atoms with van der Waals surface area (Å²) < 4.78 is 4.85. The average molecular weight is 246 g/mol. The predicted octanol–water partition coefficient (Wildman–Crippen LogP) is 1.58. The third-order valence-corrected chi connectivity index (χ3v) is 2.94. The van der Waals surface area contributed by atoms with E-state index in [-0.39, 0.29) is 26.1 Å². The smallest absolute Gasteiger partial charge is 0.323 e. The van der Waals surface area contributed by atoms with Crippen molar-refractivity contribution >= 4 is 11.9 Å².